The number of hydrogen-bond acceptors (Lipinski definition) is 3. The maximum atomic E-state index is 12.6. The van der Waals surface area contributed by atoms with E-state index in [1.807, 2.05) is 30.3 Å². The molecule has 0 aliphatic carbocycles. The van der Waals surface area contributed by atoms with E-state index < -0.39 is 0 Å². The van der Waals surface area contributed by atoms with Crippen molar-refractivity contribution in [3.8, 4) is 0 Å². The molecule has 1 saturated heterocycles. The van der Waals surface area contributed by atoms with Crippen LogP contribution in [0.1, 0.15) is 46.3 Å². The molecule has 24 heavy (non-hydrogen) atoms. The molecule has 1 aliphatic heterocycles. The lowest BCUT2D eigenvalue weighted by Gasteiger charge is -2.19. The van der Waals surface area contributed by atoms with Crippen molar-refractivity contribution >= 4 is 34.5 Å². The fourth-order valence-electron chi connectivity index (χ4n) is 3.05. The molecule has 2 aromatic rings. The molecular formula is C19H22N2O2S. The van der Waals surface area contributed by atoms with Gasteiger partial charge in [0.15, 0.2) is 0 Å². The first-order valence-electron chi connectivity index (χ1n) is 8.40. The lowest BCUT2D eigenvalue weighted by molar-refractivity contribution is -0.117. The van der Waals surface area contributed by atoms with Crippen LogP contribution >= 0.6 is 11.3 Å². The van der Waals surface area contributed by atoms with Gasteiger partial charge in [-0.05, 0) is 43.5 Å². The lowest BCUT2D eigenvalue weighted by atomic mass is 10.1. The maximum Gasteiger partial charge on any atom is 0.265 e. The number of benzene rings is 1. The molecule has 0 bridgehead atoms. The molecule has 2 amide bonds. The average molecular weight is 342 g/mol. The summed E-state index contributed by atoms with van der Waals surface area (Å²) in [6, 6.07) is 9.50. The SMILES string of the molecule is CCCc1cc(C(=O)Nc2ccccc2N2CCCC2=O)sc1C. The Morgan fingerprint density at radius 1 is 1.33 bits per heavy atom. The molecule has 2 heterocycles. The topological polar surface area (TPSA) is 49.4 Å². The van der Waals surface area contributed by atoms with Gasteiger partial charge in [-0.1, -0.05) is 25.5 Å². The van der Waals surface area contributed by atoms with E-state index in [-0.39, 0.29) is 11.8 Å². The molecule has 1 aliphatic rings. The number of aryl methyl sites for hydroxylation is 2. The molecule has 126 valence electrons. The Kier molecular flexibility index (Phi) is 5.00. The highest BCUT2D eigenvalue weighted by atomic mass is 32.1. The lowest BCUT2D eigenvalue weighted by Crippen LogP contribution is -2.25. The molecule has 0 spiro atoms. The largest absolute Gasteiger partial charge is 0.319 e. The molecule has 0 unspecified atom stereocenters. The standard InChI is InChI=1S/C19H22N2O2S/c1-3-7-14-12-17(24-13(14)2)19(23)20-15-8-4-5-9-16(15)21-11-6-10-18(21)22/h4-5,8-9,12H,3,6-7,10-11H2,1-2H3,(H,20,23). The van der Waals surface area contributed by atoms with Crippen molar-refractivity contribution in [3.05, 3.63) is 45.6 Å². The number of nitrogens with zero attached hydrogens (tertiary/aromatic N) is 1. The van der Waals surface area contributed by atoms with Crippen molar-refractivity contribution in [1.29, 1.82) is 0 Å². The van der Waals surface area contributed by atoms with Crippen LogP contribution in [0.2, 0.25) is 0 Å². The van der Waals surface area contributed by atoms with Crippen LogP contribution < -0.4 is 10.2 Å². The van der Waals surface area contributed by atoms with Gasteiger partial charge in [-0.25, -0.2) is 0 Å². The Labute approximate surface area is 146 Å². The number of amides is 2. The van der Waals surface area contributed by atoms with Gasteiger partial charge < -0.3 is 10.2 Å². The fourth-order valence-corrected chi connectivity index (χ4v) is 4.02. The zero-order chi connectivity index (χ0) is 17.1. The second-order valence-corrected chi connectivity index (χ2v) is 7.32. The fraction of sp³-hybridized carbons (Fsp3) is 0.368. The zero-order valence-corrected chi connectivity index (χ0v) is 14.9. The third kappa shape index (κ3) is 3.36. The molecule has 0 atom stereocenters. The Bertz CT molecular complexity index is 766. The Morgan fingerprint density at radius 2 is 2.12 bits per heavy atom. The Balaban J connectivity index is 1.82. The average Bonchev–Trinajstić information content (AvgIpc) is 3.15. The van der Waals surface area contributed by atoms with Gasteiger partial charge in [0.2, 0.25) is 5.91 Å². The first-order chi connectivity index (χ1) is 11.6. The minimum atomic E-state index is -0.107. The Hall–Kier alpha value is -2.14. The Morgan fingerprint density at radius 3 is 2.83 bits per heavy atom. The summed E-state index contributed by atoms with van der Waals surface area (Å²) in [5.41, 5.74) is 2.73. The molecule has 0 radical (unpaired) electrons. The highest BCUT2D eigenvalue weighted by Crippen LogP contribution is 2.30. The third-order valence-corrected chi connectivity index (χ3v) is 5.37. The van der Waals surface area contributed by atoms with Gasteiger partial charge in [0.1, 0.15) is 0 Å². The van der Waals surface area contributed by atoms with Gasteiger partial charge >= 0.3 is 0 Å². The van der Waals surface area contributed by atoms with E-state index in [9.17, 15) is 9.59 Å². The van der Waals surface area contributed by atoms with E-state index in [0.29, 0.717) is 18.7 Å². The van der Waals surface area contributed by atoms with Crippen LogP contribution in [0.5, 0.6) is 0 Å². The smallest absolute Gasteiger partial charge is 0.265 e. The highest BCUT2D eigenvalue weighted by Gasteiger charge is 2.24. The first kappa shape index (κ1) is 16.7. The van der Waals surface area contributed by atoms with Crippen molar-refractivity contribution in [2.24, 2.45) is 0 Å². The van der Waals surface area contributed by atoms with E-state index in [1.165, 1.54) is 21.8 Å². The van der Waals surface area contributed by atoms with Crippen LogP contribution in [-0.2, 0) is 11.2 Å². The molecule has 1 fully saturated rings. The van der Waals surface area contributed by atoms with Crippen molar-refractivity contribution in [1.82, 2.24) is 0 Å². The van der Waals surface area contributed by atoms with Crippen LogP contribution in [-0.4, -0.2) is 18.4 Å². The zero-order valence-electron chi connectivity index (χ0n) is 14.1. The van der Waals surface area contributed by atoms with Gasteiger partial charge in [-0.3, -0.25) is 9.59 Å². The van der Waals surface area contributed by atoms with Crippen LogP contribution in [0.25, 0.3) is 0 Å². The quantitative estimate of drug-likeness (QED) is 0.876. The van der Waals surface area contributed by atoms with Gasteiger partial charge in [0.25, 0.3) is 5.91 Å². The number of hydrogen-bond donors (Lipinski definition) is 1. The van der Waals surface area contributed by atoms with Crippen LogP contribution in [0.4, 0.5) is 11.4 Å². The molecule has 1 aromatic carbocycles. The van der Waals surface area contributed by atoms with E-state index in [0.717, 1.165) is 29.8 Å². The summed E-state index contributed by atoms with van der Waals surface area (Å²) in [4.78, 5) is 28.3. The van der Waals surface area contributed by atoms with E-state index in [4.69, 9.17) is 0 Å². The van der Waals surface area contributed by atoms with Crippen molar-refractivity contribution in [3.63, 3.8) is 0 Å². The second kappa shape index (κ2) is 7.18. The molecule has 1 aromatic heterocycles. The summed E-state index contributed by atoms with van der Waals surface area (Å²) >= 11 is 1.53. The second-order valence-electron chi connectivity index (χ2n) is 6.06. The summed E-state index contributed by atoms with van der Waals surface area (Å²) in [6.07, 6.45) is 3.51. The number of carbonyl (C=O) groups excluding carboxylic acids is 2. The number of thiophene rings is 1. The number of anilines is 2. The van der Waals surface area contributed by atoms with Gasteiger partial charge in [0, 0.05) is 17.8 Å². The number of nitrogens with one attached hydrogen (secondary N) is 1. The summed E-state index contributed by atoms with van der Waals surface area (Å²) in [7, 11) is 0. The summed E-state index contributed by atoms with van der Waals surface area (Å²) < 4.78 is 0. The monoisotopic (exact) mass is 342 g/mol. The third-order valence-electron chi connectivity index (χ3n) is 4.28. The van der Waals surface area contributed by atoms with Crippen LogP contribution in [0, 0.1) is 6.92 Å². The van der Waals surface area contributed by atoms with Crippen molar-refractivity contribution in [2.45, 2.75) is 39.5 Å². The van der Waals surface area contributed by atoms with Crippen LogP contribution in [0.15, 0.2) is 30.3 Å². The predicted molar refractivity (Wildman–Crippen MR) is 99.0 cm³/mol. The van der Waals surface area contributed by atoms with Crippen molar-refractivity contribution < 1.29 is 9.59 Å². The molecule has 3 rings (SSSR count). The summed E-state index contributed by atoms with van der Waals surface area (Å²) in [5, 5.41) is 2.98. The van der Waals surface area contributed by atoms with Gasteiger partial charge in [0.05, 0.1) is 16.3 Å². The predicted octanol–water partition coefficient (Wildman–Crippen LogP) is 4.39. The minimum Gasteiger partial charge on any atom is -0.319 e. The van der Waals surface area contributed by atoms with E-state index in [1.54, 1.807) is 4.90 Å². The molecular weight excluding hydrogens is 320 g/mol. The summed E-state index contributed by atoms with van der Waals surface area (Å²) in [6.45, 7) is 4.91. The van der Waals surface area contributed by atoms with E-state index >= 15 is 0 Å². The number of carbonyl (C=O) groups is 2. The number of rotatable bonds is 5. The van der Waals surface area contributed by atoms with Gasteiger partial charge in [-0.15, -0.1) is 11.3 Å². The molecule has 0 saturated carbocycles. The molecule has 4 nitrogen and oxygen atoms in total. The molecule has 5 heteroatoms. The maximum absolute atomic E-state index is 12.6. The number of para-hydroxylation sites is 2. The molecule has 1 N–H and O–H groups in total. The normalized spacial score (nSPS) is 14.2. The minimum absolute atomic E-state index is 0.107. The van der Waals surface area contributed by atoms with E-state index in [2.05, 4.69) is 19.2 Å². The van der Waals surface area contributed by atoms with Crippen LogP contribution in [0.3, 0.4) is 0 Å². The highest BCUT2D eigenvalue weighted by molar-refractivity contribution is 7.14. The van der Waals surface area contributed by atoms with Gasteiger partial charge in [-0.2, -0.15) is 0 Å². The first-order valence-corrected chi connectivity index (χ1v) is 9.22. The van der Waals surface area contributed by atoms with Crippen molar-refractivity contribution in [2.75, 3.05) is 16.8 Å². The summed E-state index contributed by atoms with van der Waals surface area (Å²) in [5.74, 6) is 0.0125.